The Hall–Kier alpha value is -1.79. The number of carbonyl (C=O) groups is 3. The Balaban J connectivity index is 2.36. The van der Waals surface area contributed by atoms with Crippen molar-refractivity contribution in [3.05, 3.63) is 0 Å². The molecule has 3 N–H and O–H groups in total. The van der Waals surface area contributed by atoms with E-state index in [1.54, 1.807) is 18.7 Å². The number of amides is 3. The number of nitrogens with one attached hydrogen (secondary N) is 2. The van der Waals surface area contributed by atoms with Crippen LogP contribution in [0.25, 0.3) is 0 Å². The number of nitrogens with zero attached hydrogens (tertiary/aromatic N) is 1. The summed E-state index contributed by atoms with van der Waals surface area (Å²) in [5, 5.41) is 14.3. The molecule has 1 rings (SSSR count). The van der Waals surface area contributed by atoms with E-state index in [1.807, 2.05) is 0 Å². The maximum absolute atomic E-state index is 11.8. The summed E-state index contributed by atoms with van der Waals surface area (Å²) in [5.74, 6) is -1.01. The SMILES string of the molecule is CCC(CC)(NC(=O)NCCC(=O)N1CCCC1)C(=O)O. The first-order valence-corrected chi connectivity index (χ1v) is 7.52. The van der Waals surface area contributed by atoms with Crippen LogP contribution in [-0.4, -0.2) is 53.1 Å². The van der Waals surface area contributed by atoms with Crippen molar-refractivity contribution in [2.45, 2.75) is 51.5 Å². The molecule has 1 aliphatic heterocycles. The molecule has 0 bridgehead atoms. The van der Waals surface area contributed by atoms with E-state index in [9.17, 15) is 19.5 Å². The smallest absolute Gasteiger partial charge is 0.329 e. The highest BCUT2D eigenvalue weighted by atomic mass is 16.4. The molecule has 0 radical (unpaired) electrons. The molecule has 0 aromatic rings. The average Bonchev–Trinajstić information content (AvgIpc) is 2.98. The van der Waals surface area contributed by atoms with Gasteiger partial charge in [-0.3, -0.25) is 4.79 Å². The van der Waals surface area contributed by atoms with Gasteiger partial charge in [0.05, 0.1) is 0 Å². The van der Waals surface area contributed by atoms with Crippen molar-refractivity contribution in [3.63, 3.8) is 0 Å². The number of urea groups is 1. The van der Waals surface area contributed by atoms with Crippen LogP contribution >= 0.6 is 0 Å². The monoisotopic (exact) mass is 299 g/mol. The van der Waals surface area contributed by atoms with Crippen LogP contribution in [0, 0.1) is 0 Å². The van der Waals surface area contributed by atoms with Crippen LogP contribution in [0.1, 0.15) is 46.0 Å². The average molecular weight is 299 g/mol. The van der Waals surface area contributed by atoms with Gasteiger partial charge in [-0.05, 0) is 25.7 Å². The molecule has 21 heavy (non-hydrogen) atoms. The van der Waals surface area contributed by atoms with Crippen molar-refractivity contribution in [2.24, 2.45) is 0 Å². The second-order valence-electron chi connectivity index (χ2n) is 5.31. The lowest BCUT2D eigenvalue weighted by atomic mass is 9.93. The van der Waals surface area contributed by atoms with E-state index in [1.165, 1.54) is 0 Å². The van der Waals surface area contributed by atoms with Crippen LogP contribution in [0.15, 0.2) is 0 Å². The number of carboxylic acid groups (broad SMARTS) is 1. The number of aliphatic carboxylic acids is 1. The van der Waals surface area contributed by atoms with E-state index in [4.69, 9.17) is 0 Å². The van der Waals surface area contributed by atoms with Crippen molar-refractivity contribution in [3.8, 4) is 0 Å². The summed E-state index contributed by atoms with van der Waals surface area (Å²) in [6, 6.07) is -0.546. The Morgan fingerprint density at radius 3 is 2.19 bits per heavy atom. The fourth-order valence-electron chi connectivity index (χ4n) is 2.45. The Kier molecular flexibility index (Phi) is 6.45. The molecule has 120 valence electrons. The van der Waals surface area contributed by atoms with Crippen LogP contribution in [-0.2, 0) is 9.59 Å². The van der Waals surface area contributed by atoms with E-state index in [-0.39, 0.29) is 18.9 Å². The van der Waals surface area contributed by atoms with E-state index < -0.39 is 17.5 Å². The van der Waals surface area contributed by atoms with E-state index in [0.717, 1.165) is 25.9 Å². The number of hydrogen-bond acceptors (Lipinski definition) is 3. The number of hydrogen-bond donors (Lipinski definition) is 3. The van der Waals surface area contributed by atoms with Crippen molar-refractivity contribution in [1.29, 1.82) is 0 Å². The first kappa shape index (κ1) is 17.3. The van der Waals surface area contributed by atoms with Gasteiger partial charge in [-0.1, -0.05) is 13.8 Å². The topological polar surface area (TPSA) is 98.7 Å². The minimum absolute atomic E-state index is 0.0308. The summed E-state index contributed by atoms with van der Waals surface area (Å²) in [6.45, 7) is 5.23. The Morgan fingerprint density at radius 2 is 1.71 bits per heavy atom. The molecule has 7 nitrogen and oxygen atoms in total. The zero-order valence-electron chi connectivity index (χ0n) is 12.8. The van der Waals surface area contributed by atoms with Crippen LogP contribution in [0.3, 0.4) is 0 Å². The molecule has 1 saturated heterocycles. The van der Waals surface area contributed by atoms with Crippen LogP contribution < -0.4 is 10.6 Å². The Labute approximate surface area is 125 Å². The molecule has 1 aliphatic rings. The second-order valence-corrected chi connectivity index (χ2v) is 5.31. The molecule has 1 fully saturated rings. The summed E-state index contributed by atoms with van der Waals surface area (Å²) in [5.41, 5.74) is -1.25. The van der Waals surface area contributed by atoms with Gasteiger partial charge in [0.15, 0.2) is 0 Å². The minimum Gasteiger partial charge on any atom is -0.480 e. The first-order chi connectivity index (χ1) is 9.95. The van der Waals surface area contributed by atoms with Gasteiger partial charge in [0.1, 0.15) is 5.54 Å². The normalized spacial score (nSPS) is 14.9. The molecular formula is C14H25N3O4. The van der Waals surface area contributed by atoms with Gasteiger partial charge < -0.3 is 20.6 Å². The summed E-state index contributed by atoms with van der Waals surface area (Å²) >= 11 is 0. The van der Waals surface area contributed by atoms with Gasteiger partial charge in [0, 0.05) is 26.1 Å². The van der Waals surface area contributed by atoms with Gasteiger partial charge >= 0.3 is 12.0 Å². The maximum atomic E-state index is 11.8. The Bertz CT molecular complexity index is 388. The quantitative estimate of drug-likeness (QED) is 0.651. The van der Waals surface area contributed by atoms with Crippen molar-refractivity contribution in [2.75, 3.05) is 19.6 Å². The molecule has 0 spiro atoms. The number of carbonyl (C=O) groups excluding carboxylic acids is 2. The summed E-state index contributed by atoms with van der Waals surface area (Å²) in [6.07, 6.45) is 2.92. The zero-order chi connectivity index (χ0) is 15.9. The summed E-state index contributed by atoms with van der Waals surface area (Å²) in [4.78, 5) is 36.6. The van der Waals surface area contributed by atoms with Gasteiger partial charge in [0.25, 0.3) is 0 Å². The molecule has 7 heteroatoms. The van der Waals surface area contributed by atoms with E-state index in [0.29, 0.717) is 12.8 Å². The maximum Gasteiger partial charge on any atom is 0.329 e. The second kappa shape index (κ2) is 7.85. The van der Waals surface area contributed by atoms with Crippen molar-refractivity contribution in [1.82, 2.24) is 15.5 Å². The third kappa shape index (κ3) is 4.61. The van der Waals surface area contributed by atoms with Crippen molar-refractivity contribution >= 4 is 17.9 Å². The van der Waals surface area contributed by atoms with Gasteiger partial charge in [-0.25, -0.2) is 9.59 Å². The molecule has 0 aromatic heterocycles. The lowest BCUT2D eigenvalue weighted by molar-refractivity contribution is -0.144. The zero-order valence-corrected chi connectivity index (χ0v) is 12.8. The lowest BCUT2D eigenvalue weighted by Gasteiger charge is -2.28. The molecule has 0 saturated carbocycles. The third-order valence-corrected chi connectivity index (χ3v) is 4.05. The number of rotatable bonds is 7. The van der Waals surface area contributed by atoms with Crippen LogP contribution in [0.4, 0.5) is 4.79 Å². The van der Waals surface area contributed by atoms with Gasteiger partial charge in [-0.2, -0.15) is 0 Å². The largest absolute Gasteiger partial charge is 0.480 e. The predicted molar refractivity (Wildman–Crippen MR) is 77.9 cm³/mol. The first-order valence-electron chi connectivity index (χ1n) is 7.52. The Morgan fingerprint density at radius 1 is 1.14 bits per heavy atom. The standard InChI is InChI=1S/C14H25N3O4/c1-3-14(4-2,12(19)20)16-13(21)15-8-7-11(18)17-9-5-6-10-17/h3-10H2,1-2H3,(H,19,20)(H2,15,16,21). The molecule has 0 unspecified atom stereocenters. The predicted octanol–water partition coefficient (Wildman–Crippen LogP) is 0.941. The molecule has 3 amide bonds. The summed E-state index contributed by atoms with van der Waals surface area (Å²) in [7, 11) is 0. The summed E-state index contributed by atoms with van der Waals surface area (Å²) < 4.78 is 0. The number of carboxylic acids is 1. The highest BCUT2D eigenvalue weighted by molar-refractivity contribution is 5.86. The van der Waals surface area contributed by atoms with Crippen molar-refractivity contribution < 1.29 is 19.5 Å². The highest BCUT2D eigenvalue weighted by Gasteiger charge is 2.36. The fraction of sp³-hybridized carbons (Fsp3) is 0.786. The molecule has 0 aromatic carbocycles. The van der Waals surface area contributed by atoms with Gasteiger partial charge in [-0.15, -0.1) is 0 Å². The molecule has 0 atom stereocenters. The molecule has 1 heterocycles. The highest BCUT2D eigenvalue weighted by Crippen LogP contribution is 2.15. The third-order valence-electron chi connectivity index (χ3n) is 4.05. The van der Waals surface area contributed by atoms with Crippen LogP contribution in [0.2, 0.25) is 0 Å². The molecule has 0 aliphatic carbocycles. The van der Waals surface area contributed by atoms with E-state index in [2.05, 4.69) is 10.6 Å². The fourth-order valence-corrected chi connectivity index (χ4v) is 2.45. The van der Waals surface area contributed by atoms with E-state index >= 15 is 0 Å². The minimum atomic E-state index is -1.25. The lowest BCUT2D eigenvalue weighted by Crippen LogP contribution is -2.56. The van der Waals surface area contributed by atoms with Crippen LogP contribution in [0.5, 0.6) is 0 Å². The van der Waals surface area contributed by atoms with Gasteiger partial charge in [0.2, 0.25) is 5.91 Å². The molecular weight excluding hydrogens is 274 g/mol. The number of likely N-dealkylation sites (tertiary alicyclic amines) is 1.